The lowest BCUT2D eigenvalue weighted by molar-refractivity contribution is -0.111. The number of fused-ring (bicyclic) bond motifs is 1. The minimum Gasteiger partial charge on any atom is -0.491 e. The maximum Gasteiger partial charge on any atom is 0.248 e. The van der Waals surface area contributed by atoms with Gasteiger partial charge in [0.2, 0.25) is 5.91 Å². The highest BCUT2D eigenvalue weighted by atomic mass is 79.9. The zero-order chi connectivity index (χ0) is 21.8. The van der Waals surface area contributed by atoms with Crippen LogP contribution in [0.5, 0.6) is 5.75 Å². The van der Waals surface area contributed by atoms with Crippen LogP contribution in [0.1, 0.15) is 12.8 Å². The number of hydrogen-bond donors (Lipinski definition) is 2. The maximum atomic E-state index is 13.5. The predicted molar refractivity (Wildman–Crippen MR) is 124 cm³/mol. The molecule has 1 aliphatic rings. The van der Waals surface area contributed by atoms with Gasteiger partial charge in [0.05, 0.1) is 22.8 Å². The summed E-state index contributed by atoms with van der Waals surface area (Å²) in [6, 6.07) is 7.87. The summed E-state index contributed by atoms with van der Waals surface area (Å²) in [4.78, 5) is 20.9. The van der Waals surface area contributed by atoms with Crippen LogP contribution in [0.4, 0.5) is 21.6 Å². The Hall–Kier alpha value is -2.71. The minimum atomic E-state index is -0.501. The summed E-state index contributed by atoms with van der Waals surface area (Å²) in [7, 11) is 0. The summed E-state index contributed by atoms with van der Waals surface area (Å²) in [5.41, 5.74) is 1.74. The molecule has 1 amide bonds. The molecule has 3 aromatic rings. The van der Waals surface area contributed by atoms with Crippen molar-refractivity contribution in [2.24, 2.45) is 5.92 Å². The van der Waals surface area contributed by atoms with Gasteiger partial charge in [-0.15, -0.1) is 0 Å². The van der Waals surface area contributed by atoms with E-state index in [4.69, 9.17) is 16.3 Å². The molecule has 0 radical (unpaired) electrons. The van der Waals surface area contributed by atoms with Crippen molar-refractivity contribution in [3.63, 3.8) is 0 Å². The van der Waals surface area contributed by atoms with E-state index in [1.807, 2.05) is 0 Å². The third-order valence-electron chi connectivity index (χ3n) is 4.71. The molecule has 0 aliphatic heterocycles. The Morgan fingerprint density at radius 2 is 2.13 bits per heavy atom. The van der Waals surface area contributed by atoms with E-state index >= 15 is 0 Å². The van der Waals surface area contributed by atoms with Crippen molar-refractivity contribution < 1.29 is 13.9 Å². The molecule has 0 spiro atoms. The first kappa shape index (κ1) is 21.5. The van der Waals surface area contributed by atoms with E-state index in [2.05, 4.69) is 36.5 Å². The fourth-order valence-electron chi connectivity index (χ4n) is 2.93. The number of amides is 1. The van der Waals surface area contributed by atoms with Gasteiger partial charge in [0, 0.05) is 28.5 Å². The molecule has 31 heavy (non-hydrogen) atoms. The van der Waals surface area contributed by atoms with Gasteiger partial charge < -0.3 is 15.4 Å². The lowest BCUT2D eigenvalue weighted by atomic mass is 10.1. The van der Waals surface area contributed by atoms with Gasteiger partial charge in [-0.25, -0.2) is 14.4 Å². The monoisotopic (exact) mass is 504 g/mol. The molecule has 0 atom stereocenters. The summed E-state index contributed by atoms with van der Waals surface area (Å²) >= 11 is 9.15. The molecule has 4 rings (SSSR count). The maximum absolute atomic E-state index is 13.5. The van der Waals surface area contributed by atoms with E-state index in [0.29, 0.717) is 51.7 Å². The van der Waals surface area contributed by atoms with E-state index < -0.39 is 5.82 Å². The Morgan fingerprint density at radius 3 is 2.87 bits per heavy atom. The number of carbonyl (C=O) groups is 1. The molecule has 0 saturated heterocycles. The average Bonchev–Trinajstić information content (AvgIpc) is 3.58. The van der Waals surface area contributed by atoms with Gasteiger partial charge in [0.1, 0.15) is 23.7 Å². The van der Waals surface area contributed by atoms with E-state index in [-0.39, 0.29) is 10.9 Å². The predicted octanol–water partition coefficient (Wildman–Crippen LogP) is 5.84. The molecule has 1 saturated carbocycles. The number of hydrogen-bond acceptors (Lipinski definition) is 5. The van der Waals surface area contributed by atoms with Gasteiger partial charge in [-0.1, -0.05) is 33.6 Å². The van der Waals surface area contributed by atoms with Crippen LogP contribution in [0.25, 0.3) is 10.9 Å². The van der Waals surface area contributed by atoms with Crippen molar-refractivity contribution in [3.05, 3.63) is 59.7 Å². The van der Waals surface area contributed by atoms with Crippen LogP contribution in [0.3, 0.4) is 0 Å². The molecule has 2 N–H and O–H groups in total. The summed E-state index contributed by atoms with van der Waals surface area (Å²) in [6.07, 6.45) is 6.89. The highest BCUT2D eigenvalue weighted by Crippen LogP contribution is 2.36. The molecule has 1 aromatic heterocycles. The largest absolute Gasteiger partial charge is 0.491 e. The second kappa shape index (κ2) is 9.62. The van der Waals surface area contributed by atoms with Crippen LogP contribution in [0.2, 0.25) is 5.02 Å². The van der Waals surface area contributed by atoms with Crippen molar-refractivity contribution in [1.29, 1.82) is 0 Å². The van der Waals surface area contributed by atoms with Crippen molar-refractivity contribution in [2.75, 3.05) is 22.6 Å². The second-order valence-corrected chi connectivity index (χ2v) is 8.20. The third-order valence-corrected chi connectivity index (χ3v) is 5.37. The fourth-order valence-corrected chi connectivity index (χ4v) is 3.30. The van der Waals surface area contributed by atoms with Crippen molar-refractivity contribution in [1.82, 2.24) is 9.97 Å². The molecule has 2 aromatic carbocycles. The highest BCUT2D eigenvalue weighted by molar-refractivity contribution is 9.09. The van der Waals surface area contributed by atoms with Gasteiger partial charge in [0.15, 0.2) is 0 Å². The second-order valence-electron chi connectivity index (χ2n) is 7.14. The number of anilines is 3. The molecule has 0 bridgehead atoms. The number of alkyl halides is 1. The minimum absolute atomic E-state index is 0.00524. The zero-order valence-electron chi connectivity index (χ0n) is 16.4. The molecule has 6 nitrogen and oxygen atoms in total. The topological polar surface area (TPSA) is 76.1 Å². The number of ether oxygens (including phenoxy) is 1. The standard InChI is InChI=1S/C22H19BrClFN4O2/c23-7-1-2-21(30)29-19-9-15-18(10-20(19)31-11-13-3-4-13)26-12-27-22(15)28-14-5-6-17(25)16(24)8-14/h1-2,5-6,8-10,12-13H,3-4,7,11H2,(H,29,30)(H,26,27,28)/b2-1+. The van der Waals surface area contributed by atoms with Crippen LogP contribution in [-0.2, 0) is 4.79 Å². The number of nitrogens with zero attached hydrogens (tertiary/aromatic N) is 2. The first-order valence-corrected chi connectivity index (χ1v) is 11.2. The Bertz CT molecular complexity index is 1150. The number of rotatable bonds is 8. The highest BCUT2D eigenvalue weighted by Gasteiger charge is 2.23. The van der Waals surface area contributed by atoms with E-state index in [1.54, 1.807) is 24.3 Å². The van der Waals surface area contributed by atoms with E-state index in [1.165, 1.54) is 24.5 Å². The summed E-state index contributed by atoms with van der Waals surface area (Å²) < 4.78 is 19.5. The molecule has 1 aliphatic carbocycles. The first-order chi connectivity index (χ1) is 15.0. The van der Waals surface area contributed by atoms with Crippen molar-refractivity contribution in [3.8, 4) is 5.75 Å². The summed E-state index contributed by atoms with van der Waals surface area (Å²) in [5, 5.41) is 7.25. The first-order valence-electron chi connectivity index (χ1n) is 9.70. The normalized spacial score (nSPS) is 13.5. The molecular weight excluding hydrogens is 487 g/mol. The molecule has 0 unspecified atom stereocenters. The van der Waals surface area contributed by atoms with E-state index in [9.17, 15) is 9.18 Å². The molecule has 9 heteroatoms. The number of allylic oxidation sites excluding steroid dienone is 1. The lowest BCUT2D eigenvalue weighted by Gasteiger charge is -2.15. The Kier molecular flexibility index (Phi) is 6.67. The molecule has 1 fully saturated rings. The van der Waals surface area contributed by atoms with Gasteiger partial charge in [-0.2, -0.15) is 0 Å². The van der Waals surface area contributed by atoms with Gasteiger partial charge in [-0.05, 0) is 43.0 Å². The molecule has 160 valence electrons. The van der Waals surface area contributed by atoms with Gasteiger partial charge in [-0.3, -0.25) is 4.79 Å². The lowest BCUT2D eigenvalue weighted by Crippen LogP contribution is -2.11. The Balaban J connectivity index is 1.70. The number of aromatic nitrogens is 2. The van der Waals surface area contributed by atoms with Crippen molar-refractivity contribution in [2.45, 2.75) is 12.8 Å². The van der Waals surface area contributed by atoms with Crippen LogP contribution in [0.15, 0.2) is 48.8 Å². The van der Waals surface area contributed by atoms with Crippen LogP contribution in [-0.4, -0.2) is 27.8 Å². The SMILES string of the molecule is O=C(/C=C/CBr)Nc1cc2c(Nc3ccc(F)c(Cl)c3)ncnc2cc1OCC1CC1. The zero-order valence-corrected chi connectivity index (χ0v) is 18.7. The summed E-state index contributed by atoms with van der Waals surface area (Å²) in [6.45, 7) is 0.593. The number of halogens is 3. The molecule has 1 heterocycles. The van der Waals surface area contributed by atoms with Crippen LogP contribution < -0.4 is 15.4 Å². The fraction of sp³-hybridized carbons (Fsp3) is 0.227. The molecular formula is C22H19BrClFN4O2. The van der Waals surface area contributed by atoms with Crippen molar-refractivity contribution >= 4 is 61.5 Å². The van der Waals surface area contributed by atoms with Crippen LogP contribution in [0, 0.1) is 11.7 Å². The third kappa shape index (κ3) is 5.51. The van der Waals surface area contributed by atoms with Crippen LogP contribution >= 0.6 is 27.5 Å². The smallest absolute Gasteiger partial charge is 0.248 e. The Labute approximate surface area is 192 Å². The van der Waals surface area contributed by atoms with E-state index in [0.717, 1.165) is 12.8 Å². The van der Waals surface area contributed by atoms with Gasteiger partial charge in [0.25, 0.3) is 0 Å². The average molecular weight is 506 g/mol. The quantitative estimate of drug-likeness (QED) is 0.297. The number of carbonyl (C=O) groups excluding carboxylic acids is 1. The van der Waals surface area contributed by atoms with Gasteiger partial charge >= 0.3 is 0 Å². The number of benzene rings is 2. The number of nitrogens with one attached hydrogen (secondary N) is 2. The summed E-state index contributed by atoms with van der Waals surface area (Å²) in [5.74, 6) is 0.825. The Morgan fingerprint density at radius 1 is 1.29 bits per heavy atom.